The molecule has 4 rings (SSSR count). The van der Waals surface area contributed by atoms with Gasteiger partial charge >= 0.3 is 0 Å². The number of para-hydroxylation sites is 1. The second-order valence-electron chi connectivity index (χ2n) is 7.36. The largest absolute Gasteiger partial charge is 0.494 e. The van der Waals surface area contributed by atoms with Crippen molar-refractivity contribution >= 4 is 28.3 Å². The Balaban J connectivity index is 1.49. The standard InChI is InChI=1S/C23H22N4O4/c1-2-11-27-22(30)17-10-9-16(13-18(17)23(27)31)21(29)25-24-20(28)14-26-12-5-7-15-6-3-4-8-19(15)26/h2-4,6,8-10,13,30-31H,1,5,7,11-12,14H2. The average molecular weight is 418 g/mol. The minimum atomic E-state index is -0.704. The molecular weight excluding hydrogens is 396 g/mol. The van der Waals surface area contributed by atoms with Crippen LogP contribution >= 0.6 is 0 Å². The van der Waals surface area contributed by atoms with E-state index in [0.717, 1.165) is 25.1 Å². The predicted octanol–water partition coefficient (Wildman–Crippen LogP) is 3.81. The van der Waals surface area contributed by atoms with Crippen LogP contribution in [0.2, 0.25) is 0 Å². The first-order valence-electron chi connectivity index (χ1n) is 9.96. The lowest BCUT2D eigenvalue weighted by atomic mass is 10.0. The molecule has 0 saturated heterocycles. The number of carbonyl (C=O) groups excluding carboxylic acids is 2. The van der Waals surface area contributed by atoms with Gasteiger partial charge in [-0.05, 0) is 42.7 Å². The number of benzene rings is 2. The third-order valence-corrected chi connectivity index (χ3v) is 5.36. The maximum atomic E-state index is 12.4. The van der Waals surface area contributed by atoms with Gasteiger partial charge in [-0.15, -0.1) is 16.8 Å². The lowest BCUT2D eigenvalue weighted by Crippen LogP contribution is -2.33. The summed E-state index contributed by atoms with van der Waals surface area (Å²) in [5.41, 5.74) is 2.35. The van der Waals surface area contributed by atoms with E-state index in [-0.39, 0.29) is 30.4 Å². The molecule has 0 aliphatic carbocycles. The maximum Gasteiger partial charge on any atom is 0.295 e. The highest BCUT2D eigenvalue weighted by Crippen LogP contribution is 2.36. The van der Waals surface area contributed by atoms with E-state index in [1.165, 1.54) is 34.4 Å². The van der Waals surface area contributed by atoms with E-state index in [1.54, 1.807) is 0 Å². The van der Waals surface area contributed by atoms with Crippen molar-refractivity contribution in [3.05, 3.63) is 66.2 Å². The van der Waals surface area contributed by atoms with Crippen LogP contribution in [0.25, 0.3) is 10.8 Å². The number of azo groups is 1. The van der Waals surface area contributed by atoms with Crippen molar-refractivity contribution in [2.75, 3.05) is 18.0 Å². The number of nitrogens with zero attached hydrogens (tertiary/aromatic N) is 4. The van der Waals surface area contributed by atoms with Crippen molar-refractivity contribution in [3.8, 4) is 11.8 Å². The molecule has 2 amide bonds. The van der Waals surface area contributed by atoms with Gasteiger partial charge in [-0.3, -0.25) is 14.2 Å². The van der Waals surface area contributed by atoms with Crippen LogP contribution in [-0.2, 0) is 17.8 Å². The third kappa shape index (κ3) is 3.92. The molecule has 8 nitrogen and oxygen atoms in total. The van der Waals surface area contributed by atoms with E-state index in [0.29, 0.717) is 10.8 Å². The number of fused-ring (bicyclic) bond motifs is 2. The van der Waals surface area contributed by atoms with E-state index in [2.05, 4.69) is 16.8 Å². The summed E-state index contributed by atoms with van der Waals surface area (Å²) in [5, 5.41) is 28.4. The molecule has 0 atom stereocenters. The summed E-state index contributed by atoms with van der Waals surface area (Å²) in [6.07, 6.45) is 3.45. The molecule has 158 valence electrons. The lowest BCUT2D eigenvalue weighted by molar-refractivity contribution is -0.117. The van der Waals surface area contributed by atoms with Gasteiger partial charge in [0.25, 0.3) is 11.8 Å². The summed E-state index contributed by atoms with van der Waals surface area (Å²) in [4.78, 5) is 26.7. The van der Waals surface area contributed by atoms with Gasteiger partial charge in [0.2, 0.25) is 11.8 Å². The van der Waals surface area contributed by atoms with E-state index >= 15 is 0 Å². The molecule has 1 aliphatic heterocycles. The number of anilines is 1. The second kappa shape index (κ2) is 8.43. The third-order valence-electron chi connectivity index (χ3n) is 5.36. The van der Waals surface area contributed by atoms with Gasteiger partial charge in [0, 0.05) is 35.1 Å². The van der Waals surface area contributed by atoms with Crippen molar-refractivity contribution in [2.45, 2.75) is 19.4 Å². The minimum Gasteiger partial charge on any atom is -0.494 e. The zero-order valence-corrected chi connectivity index (χ0v) is 16.9. The van der Waals surface area contributed by atoms with E-state index in [9.17, 15) is 19.8 Å². The maximum absolute atomic E-state index is 12.4. The number of aromatic hydroxyl groups is 2. The summed E-state index contributed by atoms with van der Waals surface area (Å²) in [6.45, 7) is 4.59. The summed E-state index contributed by atoms with van der Waals surface area (Å²) in [7, 11) is 0. The zero-order valence-electron chi connectivity index (χ0n) is 16.9. The van der Waals surface area contributed by atoms with Gasteiger partial charge in [-0.2, -0.15) is 0 Å². The van der Waals surface area contributed by atoms with Crippen LogP contribution in [0.5, 0.6) is 11.8 Å². The molecule has 1 aromatic heterocycles. The van der Waals surface area contributed by atoms with Gasteiger partial charge in [-0.25, -0.2) is 0 Å². The molecule has 0 bridgehead atoms. The Hall–Kier alpha value is -3.94. The zero-order chi connectivity index (χ0) is 22.0. The van der Waals surface area contributed by atoms with Gasteiger partial charge in [0.1, 0.15) is 6.54 Å². The molecule has 2 aromatic carbocycles. The van der Waals surface area contributed by atoms with Crippen LogP contribution in [0.3, 0.4) is 0 Å². The van der Waals surface area contributed by atoms with E-state index in [1.807, 2.05) is 29.2 Å². The summed E-state index contributed by atoms with van der Waals surface area (Å²) >= 11 is 0. The highest BCUT2D eigenvalue weighted by atomic mass is 16.3. The van der Waals surface area contributed by atoms with Crippen molar-refractivity contribution in [3.63, 3.8) is 0 Å². The first-order chi connectivity index (χ1) is 15.0. The Bertz CT molecular complexity index is 1210. The quantitative estimate of drug-likeness (QED) is 0.484. The SMILES string of the molecule is C=CCn1c(O)c2ccc(C(=O)N=NC(=O)CN3CCCc4ccccc43)cc2c1O. The fraction of sp³-hybridized carbons (Fsp3) is 0.217. The number of allylic oxidation sites excluding steroid dienone is 1. The summed E-state index contributed by atoms with van der Waals surface area (Å²) in [5.74, 6) is -1.52. The molecular formula is C23H22N4O4. The first-order valence-corrected chi connectivity index (χ1v) is 9.96. The van der Waals surface area contributed by atoms with Gasteiger partial charge < -0.3 is 15.1 Å². The van der Waals surface area contributed by atoms with Crippen LogP contribution in [0.1, 0.15) is 22.3 Å². The number of hydrogen-bond acceptors (Lipinski definition) is 5. The molecule has 3 aromatic rings. The van der Waals surface area contributed by atoms with E-state index < -0.39 is 11.8 Å². The topological polar surface area (TPSA) is 107 Å². The predicted molar refractivity (Wildman–Crippen MR) is 117 cm³/mol. The Kier molecular flexibility index (Phi) is 5.53. The normalized spacial score (nSPS) is 13.5. The second-order valence-corrected chi connectivity index (χ2v) is 7.36. The van der Waals surface area contributed by atoms with Crippen molar-refractivity contribution in [2.24, 2.45) is 10.2 Å². The van der Waals surface area contributed by atoms with Gasteiger partial charge in [0.15, 0.2) is 0 Å². The van der Waals surface area contributed by atoms with Crippen LogP contribution in [0, 0.1) is 0 Å². The highest BCUT2D eigenvalue weighted by Gasteiger charge is 2.20. The molecule has 31 heavy (non-hydrogen) atoms. The molecule has 0 unspecified atom stereocenters. The molecule has 0 fully saturated rings. The molecule has 2 N–H and O–H groups in total. The fourth-order valence-electron chi connectivity index (χ4n) is 3.88. The van der Waals surface area contributed by atoms with Gasteiger partial charge in [-0.1, -0.05) is 24.3 Å². The molecule has 2 heterocycles. The van der Waals surface area contributed by atoms with Crippen LogP contribution in [0.15, 0.2) is 65.3 Å². The van der Waals surface area contributed by atoms with Crippen molar-refractivity contribution in [1.29, 1.82) is 0 Å². The van der Waals surface area contributed by atoms with Crippen LogP contribution in [0.4, 0.5) is 5.69 Å². The molecule has 1 aliphatic rings. The number of hydrogen-bond donors (Lipinski definition) is 2. The monoisotopic (exact) mass is 418 g/mol. The highest BCUT2D eigenvalue weighted by molar-refractivity contribution is 6.02. The number of rotatable bonds is 5. The Labute approximate surface area is 178 Å². The first kappa shape index (κ1) is 20.3. The lowest BCUT2D eigenvalue weighted by Gasteiger charge is -2.29. The van der Waals surface area contributed by atoms with Crippen LogP contribution in [-0.4, -0.2) is 39.7 Å². The Morgan fingerprint density at radius 2 is 1.84 bits per heavy atom. The molecule has 0 radical (unpaired) electrons. The van der Waals surface area contributed by atoms with E-state index in [4.69, 9.17) is 0 Å². The number of aromatic nitrogens is 1. The Morgan fingerprint density at radius 3 is 2.65 bits per heavy atom. The number of amides is 2. The van der Waals surface area contributed by atoms with Gasteiger partial charge in [0.05, 0.1) is 0 Å². The minimum absolute atomic E-state index is 0.0475. The Morgan fingerprint density at radius 1 is 1.06 bits per heavy atom. The average Bonchev–Trinajstić information content (AvgIpc) is 3.02. The number of aryl methyl sites for hydroxylation is 1. The summed E-state index contributed by atoms with van der Waals surface area (Å²) < 4.78 is 1.27. The van der Waals surface area contributed by atoms with Crippen molar-refractivity contribution < 1.29 is 19.8 Å². The molecule has 0 spiro atoms. The van der Waals surface area contributed by atoms with Crippen molar-refractivity contribution in [1.82, 2.24) is 4.57 Å². The fourth-order valence-corrected chi connectivity index (χ4v) is 3.88. The van der Waals surface area contributed by atoms with Crippen LogP contribution < -0.4 is 4.90 Å². The number of carbonyl (C=O) groups is 2. The molecule has 8 heteroatoms. The molecule has 0 saturated carbocycles. The smallest absolute Gasteiger partial charge is 0.295 e. The summed E-state index contributed by atoms with van der Waals surface area (Å²) in [6, 6.07) is 12.3.